The molecule has 5 nitrogen and oxygen atoms in total. The molecule has 5 heteroatoms. The number of ketones is 1. The van der Waals surface area contributed by atoms with E-state index < -0.39 is 17.7 Å². The highest BCUT2D eigenvalue weighted by molar-refractivity contribution is 6.51. The van der Waals surface area contributed by atoms with Crippen molar-refractivity contribution in [3.8, 4) is 5.75 Å². The minimum absolute atomic E-state index is 0.0680. The van der Waals surface area contributed by atoms with E-state index in [4.69, 9.17) is 4.74 Å². The highest BCUT2D eigenvalue weighted by atomic mass is 16.5. The van der Waals surface area contributed by atoms with Crippen molar-refractivity contribution in [3.05, 3.63) is 100 Å². The number of rotatable bonds is 5. The Morgan fingerprint density at radius 2 is 1.73 bits per heavy atom. The number of hydrogen-bond donors (Lipinski definition) is 1. The van der Waals surface area contributed by atoms with Crippen molar-refractivity contribution in [2.75, 3.05) is 12.0 Å². The van der Waals surface area contributed by atoms with Gasteiger partial charge in [0.2, 0.25) is 0 Å². The van der Waals surface area contributed by atoms with Gasteiger partial charge in [-0.1, -0.05) is 55.5 Å². The average molecular weight is 442 g/mol. The fourth-order valence-corrected chi connectivity index (χ4v) is 4.24. The molecule has 1 unspecified atom stereocenters. The number of aliphatic hydroxyl groups excluding tert-OH is 1. The lowest BCUT2D eigenvalue weighted by Gasteiger charge is -2.27. The number of ether oxygens (including phenoxy) is 1. The fourth-order valence-electron chi connectivity index (χ4n) is 4.24. The van der Waals surface area contributed by atoms with Gasteiger partial charge in [-0.2, -0.15) is 0 Å². The Hall–Kier alpha value is -3.86. The second-order valence-electron chi connectivity index (χ2n) is 8.29. The van der Waals surface area contributed by atoms with Crippen LogP contribution >= 0.6 is 0 Å². The summed E-state index contributed by atoms with van der Waals surface area (Å²) in [6, 6.07) is 19.6. The molecule has 1 amide bonds. The molecule has 0 saturated carbocycles. The van der Waals surface area contributed by atoms with E-state index in [1.807, 2.05) is 63.2 Å². The van der Waals surface area contributed by atoms with Gasteiger partial charge in [-0.15, -0.1) is 0 Å². The first kappa shape index (κ1) is 22.3. The van der Waals surface area contributed by atoms with Crippen LogP contribution in [0.3, 0.4) is 0 Å². The summed E-state index contributed by atoms with van der Waals surface area (Å²) in [5, 5.41) is 11.3. The van der Waals surface area contributed by atoms with E-state index in [1.165, 1.54) is 4.90 Å². The Morgan fingerprint density at radius 1 is 1.00 bits per heavy atom. The molecule has 1 saturated heterocycles. The number of nitrogens with zero attached hydrogens (tertiary/aromatic N) is 1. The number of carbonyl (C=O) groups excluding carboxylic acids is 2. The lowest BCUT2D eigenvalue weighted by Crippen LogP contribution is -2.30. The van der Waals surface area contributed by atoms with E-state index in [2.05, 4.69) is 0 Å². The Morgan fingerprint density at radius 3 is 2.39 bits per heavy atom. The van der Waals surface area contributed by atoms with Crippen LogP contribution in [-0.2, 0) is 16.0 Å². The summed E-state index contributed by atoms with van der Waals surface area (Å²) in [6.07, 6.45) is 0.863. The topological polar surface area (TPSA) is 66.8 Å². The van der Waals surface area contributed by atoms with Crippen molar-refractivity contribution in [2.24, 2.45) is 0 Å². The molecule has 1 aliphatic heterocycles. The summed E-state index contributed by atoms with van der Waals surface area (Å²) in [7, 11) is 1.57. The predicted octanol–water partition coefficient (Wildman–Crippen LogP) is 5.50. The first-order valence-electron chi connectivity index (χ1n) is 11.0. The van der Waals surface area contributed by atoms with Gasteiger partial charge in [-0.05, 0) is 60.7 Å². The highest BCUT2D eigenvalue weighted by Gasteiger charge is 2.47. The summed E-state index contributed by atoms with van der Waals surface area (Å²) >= 11 is 0. The molecular formula is C28H27NO4. The first-order valence-corrected chi connectivity index (χ1v) is 11.0. The number of carbonyl (C=O) groups is 2. The molecule has 0 aromatic heterocycles. The number of hydrogen-bond acceptors (Lipinski definition) is 4. The molecule has 1 aliphatic rings. The van der Waals surface area contributed by atoms with Gasteiger partial charge in [0.05, 0.1) is 18.7 Å². The van der Waals surface area contributed by atoms with Crippen LogP contribution in [0.2, 0.25) is 0 Å². The summed E-state index contributed by atoms with van der Waals surface area (Å²) < 4.78 is 5.39. The number of aryl methyl sites for hydroxylation is 3. The van der Waals surface area contributed by atoms with Gasteiger partial charge >= 0.3 is 0 Å². The maximum Gasteiger partial charge on any atom is 0.300 e. The van der Waals surface area contributed by atoms with E-state index in [0.717, 1.165) is 23.1 Å². The number of anilines is 1. The zero-order chi connectivity index (χ0) is 23.7. The molecule has 0 bridgehead atoms. The Labute approximate surface area is 193 Å². The maximum absolute atomic E-state index is 13.4. The monoisotopic (exact) mass is 441 g/mol. The van der Waals surface area contributed by atoms with E-state index in [0.29, 0.717) is 22.6 Å². The summed E-state index contributed by atoms with van der Waals surface area (Å²) in [6.45, 7) is 5.89. The molecule has 33 heavy (non-hydrogen) atoms. The Bertz CT molecular complexity index is 1260. The summed E-state index contributed by atoms with van der Waals surface area (Å²) in [4.78, 5) is 28.2. The van der Waals surface area contributed by atoms with Gasteiger partial charge in [0.25, 0.3) is 11.7 Å². The van der Waals surface area contributed by atoms with Crippen molar-refractivity contribution < 1.29 is 19.4 Å². The van der Waals surface area contributed by atoms with E-state index in [9.17, 15) is 14.7 Å². The van der Waals surface area contributed by atoms with Gasteiger partial charge in [0.1, 0.15) is 11.5 Å². The van der Waals surface area contributed by atoms with Gasteiger partial charge in [-0.3, -0.25) is 14.5 Å². The average Bonchev–Trinajstić information content (AvgIpc) is 3.10. The molecule has 0 spiro atoms. The van der Waals surface area contributed by atoms with Crippen LogP contribution in [0.5, 0.6) is 5.75 Å². The minimum Gasteiger partial charge on any atom is -0.507 e. The Kier molecular flexibility index (Phi) is 6.05. The minimum atomic E-state index is -0.786. The second-order valence-corrected chi connectivity index (χ2v) is 8.29. The zero-order valence-electron chi connectivity index (χ0n) is 19.3. The molecule has 0 radical (unpaired) electrons. The zero-order valence-corrected chi connectivity index (χ0v) is 19.3. The third kappa shape index (κ3) is 4.02. The first-order chi connectivity index (χ1) is 15.8. The van der Waals surface area contributed by atoms with Crippen molar-refractivity contribution in [2.45, 2.75) is 33.2 Å². The molecule has 1 heterocycles. The number of aliphatic hydroxyl groups is 1. The van der Waals surface area contributed by atoms with Crippen molar-refractivity contribution in [1.82, 2.24) is 0 Å². The van der Waals surface area contributed by atoms with Gasteiger partial charge < -0.3 is 9.84 Å². The van der Waals surface area contributed by atoms with Crippen LogP contribution in [0.4, 0.5) is 5.69 Å². The predicted molar refractivity (Wildman–Crippen MR) is 130 cm³/mol. The lowest BCUT2D eigenvalue weighted by atomic mass is 9.94. The molecule has 0 aliphatic carbocycles. The number of amides is 1. The van der Waals surface area contributed by atoms with Crippen LogP contribution in [0.15, 0.2) is 72.3 Å². The van der Waals surface area contributed by atoms with Gasteiger partial charge in [0, 0.05) is 11.3 Å². The van der Waals surface area contributed by atoms with Crippen molar-refractivity contribution in [1.29, 1.82) is 0 Å². The van der Waals surface area contributed by atoms with Crippen LogP contribution in [0.25, 0.3) is 5.76 Å². The summed E-state index contributed by atoms with van der Waals surface area (Å²) in [5.74, 6) is -0.952. The lowest BCUT2D eigenvalue weighted by molar-refractivity contribution is -0.132. The molecule has 1 fully saturated rings. The molecule has 168 valence electrons. The second kappa shape index (κ2) is 8.94. The molecule has 1 atom stereocenters. The molecule has 3 aromatic rings. The van der Waals surface area contributed by atoms with E-state index >= 15 is 0 Å². The normalized spacial score (nSPS) is 17.5. The number of benzene rings is 3. The summed E-state index contributed by atoms with van der Waals surface area (Å²) in [5.41, 5.74) is 4.84. The third-order valence-electron chi connectivity index (χ3n) is 6.11. The van der Waals surface area contributed by atoms with E-state index in [-0.39, 0.29) is 11.3 Å². The maximum atomic E-state index is 13.4. The van der Waals surface area contributed by atoms with Crippen LogP contribution in [0.1, 0.15) is 40.8 Å². The smallest absolute Gasteiger partial charge is 0.300 e. The van der Waals surface area contributed by atoms with Gasteiger partial charge in [-0.25, -0.2) is 0 Å². The Balaban J connectivity index is 1.97. The molecule has 4 rings (SSSR count). The highest BCUT2D eigenvalue weighted by Crippen LogP contribution is 2.43. The number of methoxy groups -OCH3 is 1. The third-order valence-corrected chi connectivity index (χ3v) is 6.11. The molecule has 3 aromatic carbocycles. The fraction of sp³-hybridized carbons (Fsp3) is 0.214. The molecule has 1 N–H and O–H groups in total. The van der Waals surface area contributed by atoms with Crippen LogP contribution in [-0.4, -0.2) is 23.9 Å². The van der Waals surface area contributed by atoms with Crippen molar-refractivity contribution >= 4 is 23.1 Å². The van der Waals surface area contributed by atoms with Crippen molar-refractivity contribution in [3.63, 3.8) is 0 Å². The molecular weight excluding hydrogens is 414 g/mol. The van der Waals surface area contributed by atoms with E-state index in [1.54, 1.807) is 31.4 Å². The standard InChI is InChI=1S/C28H27NO4/c1-5-19-11-13-20(14-12-19)26(30)24-25(21-7-6-8-22(16-21)33-4)29(28(32)27(24)31)23-15-17(2)9-10-18(23)3/h6-16,25,30H,5H2,1-4H3/b26-24+. The van der Waals surface area contributed by atoms with Crippen LogP contribution in [0, 0.1) is 13.8 Å². The largest absolute Gasteiger partial charge is 0.507 e. The number of Topliss-reactive ketones (excluding diaryl/α,β-unsaturated/α-hetero) is 1. The van der Waals surface area contributed by atoms with Gasteiger partial charge in [0.15, 0.2) is 0 Å². The van der Waals surface area contributed by atoms with Crippen LogP contribution < -0.4 is 9.64 Å². The quantitative estimate of drug-likeness (QED) is 0.322. The SMILES string of the molecule is CCc1ccc(/C(O)=C2\C(=O)C(=O)N(c3cc(C)ccc3C)C2c2cccc(OC)c2)cc1.